The first-order valence-corrected chi connectivity index (χ1v) is 5.90. The van der Waals surface area contributed by atoms with Gasteiger partial charge in [0.15, 0.2) is 5.65 Å². The van der Waals surface area contributed by atoms with E-state index in [0.717, 1.165) is 30.2 Å². The van der Waals surface area contributed by atoms with Crippen molar-refractivity contribution in [3.05, 3.63) is 24.0 Å². The largest absolute Gasteiger partial charge is 0.310 e. The van der Waals surface area contributed by atoms with E-state index in [1.54, 1.807) is 0 Å². The smallest absolute Gasteiger partial charge is 0.157 e. The number of aromatic nitrogens is 3. The van der Waals surface area contributed by atoms with E-state index in [2.05, 4.69) is 28.4 Å². The summed E-state index contributed by atoms with van der Waals surface area (Å²) in [5.74, 6) is 0. The van der Waals surface area contributed by atoms with Gasteiger partial charge in [-0.1, -0.05) is 0 Å². The summed E-state index contributed by atoms with van der Waals surface area (Å²) in [6.45, 7) is 3.87. The topological polar surface area (TPSA) is 42.7 Å². The first-order valence-electron chi connectivity index (χ1n) is 5.90. The Bertz CT molecular complexity index is 499. The maximum Gasteiger partial charge on any atom is 0.157 e. The molecule has 0 atom stereocenters. The Kier molecular flexibility index (Phi) is 2.36. The molecule has 1 aliphatic rings. The highest BCUT2D eigenvalue weighted by atomic mass is 15.3. The van der Waals surface area contributed by atoms with Crippen LogP contribution in [-0.4, -0.2) is 20.8 Å². The summed E-state index contributed by atoms with van der Waals surface area (Å²) in [4.78, 5) is 4.47. The van der Waals surface area contributed by atoms with E-state index in [4.69, 9.17) is 0 Å². The van der Waals surface area contributed by atoms with Crippen molar-refractivity contribution in [2.75, 3.05) is 0 Å². The van der Waals surface area contributed by atoms with E-state index in [0.29, 0.717) is 0 Å². The molecule has 3 rings (SSSR count). The number of rotatable bonds is 4. The molecule has 1 saturated carbocycles. The molecule has 4 heteroatoms. The highest BCUT2D eigenvalue weighted by molar-refractivity contribution is 5.74. The van der Waals surface area contributed by atoms with Gasteiger partial charge >= 0.3 is 0 Å². The van der Waals surface area contributed by atoms with Crippen LogP contribution < -0.4 is 5.32 Å². The van der Waals surface area contributed by atoms with E-state index in [1.165, 1.54) is 18.4 Å². The minimum Gasteiger partial charge on any atom is -0.310 e. The monoisotopic (exact) mass is 216 g/mol. The van der Waals surface area contributed by atoms with Gasteiger partial charge in [-0.25, -0.2) is 9.67 Å². The summed E-state index contributed by atoms with van der Waals surface area (Å²) in [5, 5.41) is 8.92. The highest BCUT2D eigenvalue weighted by Gasteiger charge is 2.20. The molecular weight excluding hydrogens is 200 g/mol. The van der Waals surface area contributed by atoms with E-state index in [1.807, 2.05) is 17.1 Å². The Morgan fingerprint density at radius 2 is 2.31 bits per heavy atom. The summed E-state index contributed by atoms with van der Waals surface area (Å²) in [6.07, 6.45) is 6.49. The van der Waals surface area contributed by atoms with Gasteiger partial charge in [-0.05, 0) is 31.4 Å². The SMILES string of the molecule is CCn1ncc2cc(CNC3CC3)cnc21. The Balaban J connectivity index is 1.84. The normalized spacial score (nSPS) is 15.8. The molecule has 2 heterocycles. The van der Waals surface area contributed by atoms with E-state index < -0.39 is 0 Å². The third-order valence-corrected chi connectivity index (χ3v) is 3.00. The molecule has 4 nitrogen and oxygen atoms in total. The molecule has 0 unspecified atom stereocenters. The molecule has 1 N–H and O–H groups in total. The highest BCUT2D eigenvalue weighted by Crippen LogP contribution is 2.20. The molecule has 0 radical (unpaired) electrons. The van der Waals surface area contributed by atoms with Crippen LogP contribution in [0.4, 0.5) is 0 Å². The van der Waals surface area contributed by atoms with E-state index >= 15 is 0 Å². The molecule has 1 fully saturated rings. The van der Waals surface area contributed by atoms with Crippen LogP contribution in [0.15, 0.2) is 18.5 Å². The van der Waals surface area contributed by atoms with Gasteiger partial charge in [-0.3, -0.25) is 0 Å². The number of hydrogen-bond donors (Lipinski definition) is 1. The Morgan fingerprint density at radius 3 is 3.06 bits per heavy atom. The summed E-state index contributed by atoms with van der Waals surface area (Å²) < 4.78 is 1.92. The maximum absolute atomic E-state index is 4.47. The molecule has 0 spiro atoms. The molecule has 2 aromatic heterocycles. The predicted octanol–water partition coefficient (Wildman–Crippen LogP) is 1.70. The maximum atomic E-state index is 4.47. The molecule has 2 aromatic rings. The zero-order valence-electron chi connectivity index (χ0n) is 9.48. The van der Waals surface area contributed by atoms with Crippen LogP contribution in [0.3, 0.4) is 0 Å². The fourth-order valence-electron chi connectivity index (χ4n) is 1.90. The van der Waals surface area contributed by atoms with Crippen LogP contribution in [0, 0.1) is 0 Å². The lowest BCUT2D eigenvalue weighted by atomic mass is 10.2. The van der Waals surface area contributed by atoms with Gasteiger partial charge in [-0.15, -0.1) is 0 Å². The first-order chi connectivity index (χ1) is 7.86. The Labute approximate surface area is 94.7 Å². The summed E-state index contributed by atoms with van der Waals surface area (Å²) in [6, 6.07) is 2.92. The molecule has 0 saturated heterocycles. The van der Waals surface area contributed by atoms with Crippen LogP contribution in [0.2, 0.25) is 0 Å². The second kappa shape index (κ2) is 3.87. The lowest BCUT2D eigenvalue weighted by molar-refractivity contribution is 0.673. The third-order valence-electron chi connectivity index (χ3n) is 3.00. The van der Waals surface area contributed by atoms with Gasteiger partial charge in [0.25, 0.3) is 0 Å². The average molecular weight is 216 g/mol. The molecule has 0 bridgehead atoms. The number of pyridine rings is 1. The number of nitrogens with one attached hydrogen (secondary N) is 1. The number of fused-ring (bicyclic) bond motifs is 1. The predicted molar refractivity (Wildman–Crippen MR) is 63.1 cm³/mol. The molecule has 16 heavy (non-hydrogen) atoms. The van der Waals surface area contributed by atoms with Gasteiger partial charge in [0.2, 0.25) is 0 Å². The minimum atomic E-state index is 0.745. The van der Waals surface area contributed by atoms with Crippen molar-refractivity contribution in [2.24, 2.45) is 0 Å². The van der Waals surface area contributed by atoms with Gasteiger partial charge in [0.1, 0.15) is 0 Å². The Morgan fingerprint density at radius 1 is 1.44 bits per heavy atom. The zero-order valence-corrected chi connectivity index (χ0v) is 9.48. The first kappa shape index (κ1) is 9.78. The van der Waals surface area contributed by atoms with Crippen molar-refractivity contribution in [1.82, 2.24) is 20.1 Å². The van der Waals surface area contributed by atoms with Crippen molar-refractivity contribution < 1.29 is 0 Å². The second-order valence-corrected chi connectivity index (χ2v) is 4.37. The number of hydrogen-bond acceptors (Lipinski definition) is 3. The Hall–Kier alpha value is -1.42. The zero-order chi connectivity index (χ0) is 11.0. The van der Waals surface area contributed by atoms with Crippen LogP contribution in [-0.2, 0) is 13.1 Å². The van der Waals surface area contributed by atoms with E-state index in [-0.39, 0.29) is 0 Å². The van der Waals surface area contributed by atoms with Crippen LogP contribution in [0.1, 0.15) is 25.3 Å². The summed E-state index contributed by atoms with van der Waals surface area (Å²) >= 11 is 0. The van der Waals surface area contributed by atoms with Crippen molar-refractivity contribution in [3.63, 3.8) is 0 Å². The van der Waals surface area contributed by atoms with Gasteiger partial charge < -0.3 is 5.32 Å². The van der Waals surface area contributed by atoms with Crippen molar-refractivity contribution in [2.45, 2.75) is 38.9 Å². The van der Waals surface area contributed by atoms with Crippen LogP contribution in [0.25, 0.3) is 11.0 Å². The van der Waals surface area contributed by atoms with Gasteiger partial charge in [-0.2, -0.15) is 5.10 Å². The van der Waals surface area contributed by atoms with Gasteiger partial charge in [0, 0.05) is 30.7 Å². The molecule has 0 amide bonds. The van der Waals surface area contributed by atoms with E-state index in [9.17, 15) is 0 Å². The summed E-state index contributed by atoms with van der Waals surface area (Å²) in [5.41, 5.74) is 2.23. The van der Waals surface area contributed by atoms with Crippen molar-refractivity contribution >= 4 is 11.0 Å². The molecule has 1 aliphatic carbocycles. The second-order valence-electron chi connectivity index (χ2n) is 4.37. The van der Waals surface area contributed by atoms with Crippen molar-refractivity contribution in [1.29, 1.82) is 0 Å². The standard InChI is InChI=1S/C12H16N4/c1-2-16-12-10(8-15-16)5-9(7-14-12)6-13-11-3-4-11/h5,7-8,11,13H,2-4,6H2,1H3. The van der Waals surface area contributed by atoms with Gasteiger partial charge in [0.05, 0.1) is 6.20 Å². The molecular formula is C12H16N4. The lowest BCUT2D eigenvalue weighted by Crippen LogP contribution is -2.15. The average Bonchev–Trinajstić information content (AvgIpc) is 3.05. The molecule has 84 valence electrons. The van der Waals surface area contributed by atoms with Crippen molar-refractivity contribution in [3.8, 4) is 0 Å². The quantitative estimate of drug-likeness (QED) is 0.846. The number of aryl methyl sites for hydroxylation is 1. The van der Waals surface area contributed by atoms with Crippen LogP contribution >= 0.6 is 0 Å². The summed E-state index contributed by atoms with van der Waals surface area (Å²) in [7, 11) is 0. The van der Waals surface area contributed by atoms with Crippen LogP contribution in [0.5, 0.6) is 0 Å². The lowest BCUT2D eigenvalue weighted by Gasteiger charge is -2.03. The molecule has 0 aromatic carbocycles. The minimum absolute atomic E-state index is 0.745. The third kappa shape index (κ3) is 1.80. The fourth-order valence-corrected chi connectivity index (χ4v) is 1.90. The molecule has 0 aliphatic heterocycles. The number of nitrogens with zero attached hydrogens (tertiary/aromatic N) is 3. The fraction of sp³-hybridized carbons (Fsp3) is 0.500.